The van der Waals surface area contributed by atoms with Crippen molar-refractivity contribution < 1.29 is 4.74 Å². The first-order valence-electron chi connectivity index (χ1n) is 5.12. The molecule has 0 saturated heterocycles. The van der Waals surface area contributed by atoms with Crippen LogP contribution >= 0.6 is 27.5 Å². The molecule has 4 heteroatoms. The average molecular weight is 313 g/mol. The molecule has 0 fully saturated rings. The zero-order valence-corrected chi connectivity index (χ0v) is 11.8. The van der Waals surface area contributed by atoms with E-state index in [1.54, 1.807) is 12.3 Å². The van der Waals surface area contributed by atoms with Gasteiger partial charge in [0.1, 0.15) is 16.7 Å². The largest absolute Gasteiger partial charge is 0.457 e. The Balaban J connectivity index is 2.37. The number of hydrogen-bond acceptors (Lipinski definition) is 2. The van der Waals surface area contributed by atoms with Crippen LogP contribution in [0.25, 0.3) is 0 Å². The first-order valence-corrected chi connectivity index (χ1v) is 6.29. The molecule has 0 N–H and O–H groups in total. The Morgan fingerprint density at radius 3 is 2.59 bits per heavy atom. The minimum Gasteiger partial charge on any atom is -0.457 e. The summed E-state index contributed by atoms with van der Waals surface area (Å²) in [5.41, 5.74) is 2.02. The number of ether oxygens (including phenoxy) is 1. The Bertz CT molecular complexity index is 508. The van der Waals surface area contributed by atoms with E-state index in [2.05, 4.69) is 20.9 Å². The van der Waals surface area contributed by atoms with Gasteiger partial charge in [0, 0.05) is 22.3 Å². The summed E-state index contributed by atoms with van der Waals surface area (Å²) in [5, 5.41) is 0.429. The topological polar surface area (TPSA) is 22.1 Å². The highest BCUT2D eigenvalue weighted by molar-refractivity contribution is 9.10. The van der Waals surface area contributed by atoms with Crippen molar-refractivity contribution in [2.75, 3.05) is 0 Å². The molecule has 2 aromatic rings. The van der Waals surface area contributed by atoms with Crippen LogP contribution in [0.5, 0.6) is 11.5 Å². The van der Waals surface area contributed by atoms with Gasteiger partial charge in [-0.3, -0.25) is 0 Å². The van der Waals surface area contributed by atoms with Gasteiger partial charge in [0.05, 0.1) is 0 Å². The molecule has 2 rings (SSSR count). The van der Waals surface area contributed by atoms with E-state index in [0.717, 1.165) is 27.1 Å². The Morgan fingerprint density at radius 1 is 1.12 bits per heavy atom. The molecular formula is C13H11BrClNO. The molecule has 0 aliphatic rings. The molecule has 1 aromatic carbocycles. The maximum absolute atomic E-state index is 5.85. The molecule has 1 heterocycles. The number of aryl methyl sites for hydroxylation is 2. The van der Waals surface area contributed by atoms with Crippen LogP contribution in [0.3, 0.4) is 0 Å². The SMILES string of the molecule is Cc1ccc(Br)cc1Oc1cc(Cl)ncc1C. The van der Waals surface area contributed by atoms with E-state index in [9.17, 15) is 0 Å². The zero-order chi connectivity index (χ0) is 12.4. The molecule has 1 aromatic heterocycles. The summed E-state index contributed by atoms with van der Waals surface area (Å²) in [5.74, 6) is 1.54. The van der Waals surface area contributed by atoms with Crippen molar-refractivity contribution in [1.29, 1.82) is 0 Å². The lowest BCUT2D eigenvalue weighted by Gasteiger charge is -2.11. The van der Waals surface area contributed by atoms with E-state index in [1.807, 2.05) is 32.0 Å². The summed E-state index contributed by atoms with van der Waals surface area (Å²) >= 11 is 9.28. The van der Waals surface area contributed by atoms with Crippen LogP contribution in [-0.2, 0) is 0 Å². The van der Waals surface area contributed by atoms with Crippen molar-refractivity contribution in [1.82, 2.24) is 4.98 Å². The highest BCUT2D eigenvalue weighted by Crippen LogP contribution is 2.30. The summed E-state index contributed by atoms with van der Waals surface area (Å²) in [6, 6.07) is 7.63. The number of rotatable bonds is 2. The normalized spacial score (nSPS) is 10.4. The molecule has 0 aliphatic carbocycles. The monoisotopic (exact) mass is 311 g/mol. The Labute approximate surface area is 114 Å². The second kappa shape index (κ2) is 5.07. The number of halogens is 2. The molecule has 2 nitrogen and oxygen atoms in total. The molecule has 0 saturated carbocycles. The van der Waals surface area contributed by atoms with Gasteiger partial charge in [0.15, 0.2) is 0 Å². The van der Waals surface area contributed by atoms with Gasteiger partial charge in [-0.25, -0.2) is 4.98 Å². The number of aromatic nitrogens is 1. The maximum atomic E-state index is 5.85. The van der Waals surface area contributed by atoms with E-state index in [4.69, 9.17) is 16.3 Å². The standard InChI is InChI=1S/C13H11BrClNO/c1-8-3-4-10(14)5-11(8)17-12-6-13(15)16-7-9(12)2/h3-7H,1-2H3. The summed E-state index contributed by atoms with van der Waals surface area (Å²) in [7, 11) is 0. The molecule has 0 amide bonds. The number of pyridine rings is 1. The van der Waals surface area contributed by atoms with Gasteiger partial charge in [-0.2, -0.15) is 0 Å². The lowest BCUT2D eigenvalue weighted by Crippen LogP contribution is -1.91. The first-order chi connectivity index (χ1) is 8.06. The third kappa shape index (κ3) is 2.99. The smallest absolute Gasteiger partial charge is 0.134 e. The van der Waals surface area contributed by atoms with Crippen molar-refractivity contribution in [2.45, 2.75) is 13.8 Å². The fourth-order valence-corrected chi connectivity index (χ4v) is 1.88. The maximum Gasteiger partial charge on any atom is 0.134 e. The minimum atomic E-state index is 0.429. The Kier molecular flexibility index (Phi) is 3.69. The quantitative estimate of drug-likeness (QED) is 0.735. The third-order valence-corrected chi connectivity index (χ3v) is 3.09. The second-order valence-electron chi connectivity index (χ2n) is 3.78. The summed E-state index contributed by atoms with van der Waals surface area (Å²) in [6.07, 6.45) is 1.70. The van der Waals surface area contributed by atoms with E-state index >= 15 is 0 Å². The van der Waals surface area contributed by atoms with Crippen LogP contribution < -0.4 is 4.74 Å². The van der Waals surface area contributed by atoms with Gasteiger partial charge in [-0.15, -0.1) is 0 Å². The summed E-state index contributed by atoms with van der Waals surface area (Å²) in [4.78, 5) is 4.00. The molecule has 0 aliphatic heterocycles. The molecule has 0 atom stereocenters. The number of nitrogens with zero attached hydrogens (tertiary/aromatic N) is 1. The minimum absolute atomic E-state index is 0.429. The van der Waals surface area contributed by atoms with Gasteiger partial charge in [-0.05, 0) is 31.5 Å². The molecular weight excluding hydrogens is 302 g/mol. The molecule has 17 heavy (non-hydrogen) atoms. The highest BCUT2D eigenvalue weighted by Gasteiger charge is 2.06. The van der Waals surface area contributed by atoms with Crippen LogP contribution in [-0.4, -0.2) is 4.98 Å². The predicted octanol–water partition coefficient (Wildman–Crippen LogP) is 4.91. The van der Waals surface area contributed by atoms with Crippen molar-refractivity contribution in [2.24, 2.45) is 0 Å². The van der Waals surface area contributed by atoms with Crippen LogP contribution in [0.15, 0.2) is 34.9 Å². The lowest BCUT2D eigenvalue weighted by molar-refractivity contribution is 0.474. The first kappa shape index (κ1) is 12.4. The molecule has 88 valence electrons. The van der Waals surface area contributed by atoms with Crippen LogP contribution in [0.2, 0.25) is 5.15 Å². The lowest BCUT2D eigenvalue weighted by atomic mass is 10.2. The van der Waals surface area contributed by atoms with Crippen molar-refractivity contribution in [3.8, 4) is 11.5 Å². The highest BCUT2D eigenvalue weighted by atomic mass is 79.9. The number of benzene rings is 1. The second-order valence-corrected chi connectivity index (χ2v) is 5.09. The van der Waals surface area contributed by atoms with Gasteiger partial charge in [-0.1, -0.05) is 33.6 Å². The summed E-state index contributed by atoms with van der Waals surface area (Å²) < 4.78 is 6.83. The van der Waals surface area contributed by atoms with Gasteiger partial charge in [0.25, 0.3) is 0 Å². The fourth-order valence-electron chi connectivity index (χ4n) is 1.39. The van der Waals surface area contributed by atoms with Crippen molar-refractivity contribution >= 4 is 27.5 Å². The van der Waals surface area contributed by atoms with Gasteiger partial charge < -0.3 is 4.74 Å². The summed E-state index contributed by atoms with van der Waals surface area (Å²) in [6.45, 7) is 3.94. The van der Waals surface area contributed by atoms with Crippen molar-refractivity contribution in [3.05, 3.63) is 51.2 Å². The fraction of sp³-hybridized carbons (Fsp3) is 0.154. The van der Waals surface area contributed by atoms with E-state index in [-0.39, 0.29) is 0 Å². The van der Waals surface area contributed by atoms with Crippen LogP contribution in [0.4, 0.5) is 0 Å². The van der Waals surface area contributed by atoms with Gasteiger partial charge in [0.2, 0.25) is 0 Å². The van der Waals surface area contributed by atoms with E-state index in [0.29, 0.717) is 5.15 Å². The third-order valence-electron chi connectivity index (χ3n) is 2.39. The average Bonchev–Trinajstić information content (AvgIpc) is 2.28. The van der Waals surface area contributed by atoms with Gasteiger partial charge >= 0.3 is 0 Å². The molecule has 0 spiro atoms. The van der Waals surface area contributed by atoms with Crippen LogP contribution in [0.1, 0.15) is 11.1 Å². The molecule has 0 unspecified atom stereocenters. The Hall–Kier alpha value is -1.06. The predicted molar refractivity (Wildman–Crippen MR) is 72.9 cm³/mol. The van der Waals surface area contributed by atoms with E-state index in [1.165, 1.54) is 0 Å². The van der Waals surface area contributed by atoms with Crippen LogP contribution in [0, 0.1) is 13.8 Å². The van der Waals surface area contributed by atoms with Crippen molar-refractivity contribution in [3.63, 3.8) is 0 Å². The molecule has 0 bridgehead atoms. The zero-order valence-electron chi connectivity index (χ0n) is 9.50. The Morgan fingerprint density at radius 2 is 1.82 bits per heavy atom. The van der Waals surface area contributed by atoms with E-state index < -0.39 is 0 Å². The molecule has 0 radical (unpaired) electrons. The number of hydrogen-bond donors (Lipinski definition) is 0.